The Morgan fingerprint density at radius 3 is 2.80 bits per heavy atom. The van der Waals surface area contributed by atoms with Crippen LogP contribution in [0.5, 0.6) is 0 Å². The van der Waals surface area contributed by atoms with Gasteiger partial charge in [0, 0.05) is 11.8 Å². The van der Waals surface area contributed by atoms with E-state index in [9.17, 15) is 4.79 Å². The second-order valence-electron chi connectivity index (χ2n) is 1.99. The van der Waals surface area contributed by atoms with E-state index in [2.05, 4.69) is 4.98 Å². The van der Waals surface area contributed by atoms with Crippen molar-refractivity contribution in [3.05, 3.63) is 33.2 Å². The van der Waals surface area contributed by atoms with E-state index in [1.807, 2.05) is 6.92 Å². The predicted octanol–water partition coefficient (Wildman–Crippen LogP) is 1.59. The Balaban J connectivity index is 3.31. The summed E-state index contributed by atoms with van der Waals surface area (Å²) in [6, 6.07) is 1.68. The third-order valence-corrected chi connectivity index (χ3v) is 1.71. The lowest BCUT2D eigenvalue weighted by Gasteiger charge is -1.95. The second-order valence-corrected chi connectivity index (χ2v) is 2.39. The average Bonchev–Trinajstić information content (AvgIpc) is 1.88. The molecule has 0 bridgehead atoms. The number of aromatic nitrogens is 1. The first-order valence-corrected chi connectivity index (χ1v) is 3.49. The van der Waals surface area contributed by atoms with E-state index in [4.69, 9.17) is 11.6 Å². The van der Waals surface area contributed by atoms with Gasteiger partial charge in [0.05, 0.1) is 5.02 Å². The average molecular weight is 158 g/mol. The van der Waals surface area contributed by atoms with E-state index >= 15 is 0 Å². The molecule has 1 heterocycles. The van der Waals surface area contributed by atoms with Crippen molar-refractivity contribution in [2.75, 3.05) is 0 Å². The van der Waals surface area contributed by atoms with Crippen molar-refractivity contribution in [3.8, 4) is 0 Å². The second kappa shape index (κ2) is 2.88. The van der Waals surface area contributed by atoms with Crippen molar-refractivity contribution < 1.29 is 0 Å². The number of hydrogen-bond acceptors (Lipinski definition) is 1. The van der Waals surface area contributed by atoms with Crippen LogP contribution in [0.3, 0.4) is 0 Å². The molecule has 0 atom stereocenters. The number of pyridine rings is 1. The number of aromatic amines is 1. The Morgan fingerprint density at radius 2 is 2.40 bits per heavy atom. The van der Waals surface area contributed by atoms with Gasteiger partial charge in [0.15, 0.2) is 0 Å². The first kappa shape index (κ1) is 7.35. The molecule has 0 fully saturated rings. The standard InChI is InChI=1S/C7H8ClNO/c1-2-5-6(8)3-4-9-7(5)10/h3-4H,2H2,1H3,(H,9,10). The summed E-state index contributed by atoms with van der Waals surface area (Å²) in [5.41, 5.74) is 0.569. The van der Waals surface area contributed by atoms with Crippen LogP contribution in [0.25, 0.3) is 0 Å². The highest BCUT2D eigenvalue weighted by molar-refractivity contribution is 6.31. The van der Waals surface area contributed by atoms with Gasteiger partial charge in [0.1, 0.15) is 0 Å². The van der Waals surface area contributed by atoms with Gasteiger partial charge in [-0.15, -0.1) is 0 Å². The van der Waals surface area contributed by atoms with Crippen molar-refractivity contribution in [2.24, 2.45) is 0 Å². The fourth-order valence-corrected chi connectivity index (χ4v) is 1.10. The Bertz CT molecular complexity index is 279. The number of hydrogen-bond donors (Lipinski definition) is 1. The zero-order chi connectivity index (χ0) is 7.56. The quantitative estimate of drug-likeness (QED) is 0.660. The summed E-state index contributed by atoms with van der Waals surface area (Å²) in [4.78, 5) is 13.5. The monoisotopic (exact) mass is 157 g/mol. The Labute approximate surface area is 63.8 Å². The Kier molecular flexibility index (Phi) is 2.12. The van der Waals surface area contributed by atoms with Gasteiger partial charge in [-0.25, -0.2) is 0 Å². The van der Waals surface area contributed by atoms with Crippen molar-refractivity contribution in [1.29, 1.82) is 0 Å². The minimum atomic E-state index is -0.0880. The van der Waals surface area contributed by atoms with Crippen molar-refractivity contribution >= 4 is 11.6 Å². The highest BCUT2D eigenvalue weighted by Crippen LogP contribution is 2.09. The van der Waals surface area contributed by atoms with E-state index in [0.29, 0.717) is 17.0 Å². The summed E-state index contributed by atoms with van der Waals surface area (Å²) in [6.45, 7) is 1.90. The van der Waals surface area contributed by atoms with Crippen LogP contribution in [0.4, 0.5) is 0 Å². The van der Waals surface area contributed by atoms with E-state index in [1.54, 1.807) is 12.3 Å². The van der Waals surface area contributed by atoms with Crippen molar-refractivity contribution in [2.45, 2.75) is 13.3 Å². The molecular formula is C7H8ClNO. The van der Waals surface area contributed by atoms with E-state index in [-0.39, 0.29) is 5.56 Å². The zero-order valence-electron chi connectivity index (χ0n) is 5.65. The molecule has 0 aliphatic carbocycles. The lowest BCUT2D eigenvalue weighted by molar-refractivity contribution is 1.06. The van der Waals surface area contributed by atoms with Crippen LogP contribution in [0.1, 0.15) is 12.5 Å². The van der Waals surface area contributed by atoms with E-state index in [1.165, 1.54) is 0 Å². The van der Waals surface area contributed by atoms with Gasteiger partial charge >= 0.3 is 0 Å². The zero-order valence-corrected chi connectivity index (χ0v) is 6.40. The van der Waals surface area contributed by atoms with Gasteiger partial charge in [-0.3, -0.25) is 4.79 Å². The summed E-state index contributed by atoms with van der Waals surface area (Å²) in [7, 11) is 0. The lowest BCUT2D eigenvalue weighted by Crippen LogP contribution is -2.10. The number of H-pyrrole nitrogens is 1. The molecule has 3 heteroatoms. The molecule has 0 spiro atoms. The molecule has 0 aliphatic heterocycles. The maximum atomic E-state index is 10.9. The Morgan fingerprint density at radius 1 is 1.70 bits per heavy atom. The minimum absolute atomic E-state index is 0.0880. The summed E-state index contributed by atoms with van der Waals surface area (Å²) in [5.74, 6) is 0. The normalized spacial score (nSPS) is 9.80. The summed E-state index contributed by atoms with van der Waals surface area (Å²) < 4.78 is 0. The van der Waals surface area contributed by atoms with Gasteiger partial charge in [-0.05, 0) is 12.5 Å². The molecule has 1 aromatic heterocycles. The van der Waals surface area contributed by atoms with Crippen LogP contribution in [0.2, 0.25) is 5.02 Å². The Hall–Kier alpha value is -0.760. The third-order valence-electron chi connectivity index (χ3n) is 1.36. The SMILES string of the molecule is CCc1c(Cl)cc[nH]c1=O. The van der Waals surface area contributed by atoms with Crippen LogP contribution in [-0.2, 0) is 6.42 Å². The maximum Gasteiger partial charge on any atom is 0.252 e. The molecule has 0 saturated carbocycles. The number of halogens is 1. The first-order valence-electron chi connectivity index (χ1n) is 3.11. The van der Waals surface area contributed by atoms with Gasteiger partial charge < -0.3 is 4.98 Å². The fourth-order valence-electron chi connectivity index (χ4n) is 0.816. The van der Waals surface area contributed by atoms with Crippen molar-refractivity contribution in [3.63, 3.8) is 0 Å². The van der Waals surface area contributed by atoms with Crippen LogP contribution >= 0.6 is 11.6 Å². The van der Waals surface area contributed by atoms with E-state index in [0.717, 1.165) is 0 Å². The van der Waals surface area contributed by atoms with Gasteiger partial charge in [0.2, 0.25) is 0 Å². The summed E-state index contributed by atoms with van der Waals surface area (Å²) in [5, 5.41) is 0.547. The number of rotatable bonds is 1. The minimum Gasteiger partial charge on any atom is -0.329 e. The molecule has 1 aromatic rings. The van der Waals surface area contributed by atoms with Gasteiger partial charge in [-0.2, -0.15) is 0 Å². The molecule has 0 radical (unpaired) electrons. The highest BCUT2D eigenvalue weighted by Gasteiger charge is 1.99. The molecule has 0 amide bonds. The smallest absolute Gasteiger partial charge is 0.252 e. The molecular weight excluding hydrogens is 150 g/mol. The maximum absolute atomic E-state index is 10.9. The largest absolute Gasteiger partial charge is 0.329 e. The highest BCUT2D eigenvalue weighted by atomic mass is 35.5. The lowest BCUT2D eigenvalue weighted by atomic mass is 10.2. The molecule has 0 aromatic carbocycles. The van der Waals surface area contributed by atoms with Gasteiger partial charge in [0.25, 0.3) is 5.56 Å². The topological polar surface area (TPSA) is 32.9 Å². The predicted molar refractivity (Wildman–Crippen MR) is 41.5 cm³/mol. The van der Waals surface area contributed by atoms with Crippen LogP contribution in [0, 0.1) is 0 Å². The molecule has 0 aliphatic rings. The van der Waals surface area contributed by atoms with Crippen molar-refractivity contribution in [1.82, 2.24) is 4.98 Å². The van der Waals surface area contributed by atoms with Crippen LogP contribution < -0.4 is 5.56 Å². The molecule has 0 unspecified atom stereocenters. The van der Waals surface area contributed by atoms with Crippen LogP contribution in [0.15, 0.2) is 17.1 Å². The van der Waals surface area contributed by atoms with Gasteiger partial charge in [-0.1, -0.05) is 18.5 Å². The molecule has 0 saturated heterocycles. The molecule has 2 nitrogen and oxygen atoms in total. The summed E-state index contributed by atoms with van der Waals surface area (Å²) in [6.07, 6.45) is 2.22. The summed E-state index contributed by atoms with van der Waals surface area (Å²) >= 11 is 5.71. The fraction of sp³-hybridized carbons (Fsp3) is 0.286. The number of nitrogens with one attached hydrogen (secondary N) is 1. The molecule has 54 valence electrons. The molecule has 1 rings (SSSR count). The molecule has 1 N–H and O–H groups in total. The third kappa shape index (κ3) is 1.21. The first-order chi connectivity index (χ1) is 4.75. The molecule has 10 heavy (non-hydrogen) atoms. The van der Waals surface area contributed by atoms with E-state index < -0.39 is 0 Å². The van der Waals surface area contributed by atoms with Crippen LogP contribution in [-0.4, -0.2) is 4.98 Å².